The Hall–Kier alpha value is -2.70. The van der Waals surface area contributed by atoms with Gasteiger partial charge in [0.15, 0.2) is 5.22 Å². The van der Waals surface area contributed by atoms with Gasteiger partial charge in [-0.3, -0.25) is 0 Å². The molecule has 5 nitrogen and oxygen atoms in total. The second-order valence-electron chi connectivity index (χ2n) is 5.44. The maximum absolute atomic E-state index is 5.75. The molecule has 0 unspecified atom stereocenters. The molecule has 0 aliphatic heterocycles. The number of halogens is 2. The van der Waals surface area contributed by atoms with Gasteiger partial charge < -0.3 is 4.42 Å². The van der Waals surface area contributed by atoms with E-state index in [0.717, 1.165) is 26.6 Å². The quantitative estimate of drug-likeness (QED) is 0.332. The fourth-order valence-electron chi connectivity index (χ4n) is 2.52. The van der Waals surface area contributed by atoms with Gasteiger partial charge in [-0.2, -0.15) is 5.10 Å². The Labute approximate surface area is 162 Å². The number of hydrazone groups is 1. The van der Waals surface area contributed by atoms with Crippen LogP contribution < -0.4 is 5.43 Å². The monoisotopic (exact) mass is 426 g/mol. The molecule has 128 valence electrons. The van der Waals surface area contributed by atoms with Crippen LogP contribution in [0.15, 0.2) is 74.7 Å². The van der Waals surface area contributed by atoms with E-state index in [0.29, 0.717) is 16.9 Å². The van der Waals surface area contributed by atoms with Crippen LogP contribution in [0.5, 0.6) is 0 Å². The summed E-state index contributed by atoms with van der Waals surface area (Å²) in [6, 6.07) is 19.2. The zero-order chi connectivity index (χ0) is 17.9. The molecule has 0 fully saturated rings. The lowest BCUT2D eigenvalue weighted by Crippen LogP contribution is -1.99. The van der Waals surface area contributed by atoms with E-state index < -0.39 is 0 Å². The van der Waals surface area contributed by atoms with Crippen molar-refractivity contribution in [1.29, 1.82) is 0 Å². The van der Waals surface area contributed by atoms with Gasteiger partial charge in [0.25, 0.3) is 0 Å². The highest BCUT2D eigenvalue weighted by Crippen LogP contribution is 2.29. The van der Waals surface area contributed by atoms with Crippen molar-refractivity contribution >= 4 is 50.6 Å². The zero-order valence-corrected chi connectivity index (χ0v) is 15.7. The number of furan rings is 1. The molecular formula is C19H12BrClN4O. The van der Waals surface area contributed by atoms with Crippen LogP contribution >= 0.6 is 27.5 Å². The number of fused-ring (bicyclic) bond motifs is 1. The van der Waals surface area contributed by atoms with Crippen LogP contribution in [0.25, 0.3) is 22.2 Å². The Morgan fingerprint density at radius 3 is 2.65 bits per heavy atom. The first-order valence-electron chi connectivity index (χ1n) is 7.76. The lowest BCUT2D eigenvalue weighted by molar-refractivity contribution is 0.562. The molecule has 0 spiro atoms. The van der Waals surface area contributed by atoms with Crippen LogP contribution in [0.4, 0.5) is 5.95 Å². The van der Waals surface area contributed by atoms with E-state index >= 15 is 0 Å². The van der Waals surface area contributed by atoms with E-state index in [-0.39, 0.29) is 0 Å². The average molecular weight is 428 g/mol. The SMILES string of the molecule is Clc1ccc(/C=N/Nc2nc(-c3ccccc3)c3cc(Br)ccc3n2)o1. The Balaban J connectivity index is 1.74. The molecule has 2 aromatic carbocycles. The Bertz CT molecular complexity index is 1100. The molecule has 0 bridgehead atoms. The van der Waals surface area contributed by atoms with E-state index in [1.54, 1.807) is 12.1 Å². The van der Waals surface area contributed by atoms with Crippen LogP contribution in [0.1, 0.15) is 5.76 Å². The summed E-state index contributed by atoms with van der Waals surface area (Å²) in [6.07, 6.45) is 1.52. The molecule has 0 amide bonds. The van der Waals surface area contributed by atoms with Gasteiger partial charge in [-0.1, -0.05) is 46.3 Å². The van der Waals surface area contributed by atoms with Crippen molar-refractivity contribution in [1.82, 2.24) is 9.97 Å². The zero-order valence-electron chi connectivity index (χ0n) is 13.4. The molecule has 0 saturated heterocycles. The molecule has 4 rings (SSSR count). The number of anilines is 1. The third-order valence-corrected chi connectivity index (χ3v) is 4.35. The maximum Gasteiger partial charge on any atom is 0.244 e. The number of nitrogens with one attached hydrogen (secondary N) is 1. The van der Waals surface area contributed by atoms with E-state index in [9.17, 15) is 0 Å². The van der Waals surface area contributed by atoms with Crippen molar-refractivity contribution in [2.45, 2.75) is 0 Å². The van der Waals surface area contributed by atoms with Crippen LogP contribution in [-0.4, -0.2) is 16.2 Å². The molecule has 0 radical (unpaired) electrons. The smallest absolute Gasteiger partial charge is 0.244 e. The van der Waals surface area contributed by atoms with E-state index in [2.05, 4.69) is 36.4 Å². The topological polar surface area (TPSA) is 63.3 Å². The Morgan fingerprint density at radius 2 is 1.88 bits per heavy atom. The van der Waals surface area contributed by atoms with Crippen molar-refractivity contribution in [3.05, 3.63) is 76.1 Å². The first-order chi connectivity index (χ1) is 12.7. The van der Waals surface area contributed by atoms with Crippen LogP contribution in [-0.2, 0) is 0 Å². The number of aromatic nitrogens is 2. The van der Waals surface area contributed by atoms with Crippen molar-refractivity contribution in [3.63, 3.8) is 0 Å². The number of benzene rings is 2. The maximum atomic E-state index is 5.75. The third-order valence-electron chi connectivity index (χ3n) is 3.66. The Kier molecular flexibility index (Phi) is 4.69. The fraction of sp³-hybridized carbons (Fsp3) is 0. The van der Waals surface area contributed by atoms with E-state index in [1.807, 2.05) is 48.5 Å². The standard InChI is InChI=1S/C19H12BrClN4O/c20-13-6-8-16-15(10-13)18(12-4-2-1-3-5-12)24-19(23-16)25-22-11-14-7-9-17(21)26-14/h1-11H,(H,23,24,25)/b22-11+. The summed E-state index contributed by atoms with van der Waals surface area (Å²) in [5.41, 5.74) is 5.50. The molecule has 0 atom stereocenters. The number of nitrogens with zero attached hydrogens (tertiary/aromatic N) is 3. The second-order valence-corrected chi connectivity index (χ2v) is 6.72. The van der Waals surface area contributed by atoms with Crippen LogP contribution in [0.2, 0.25) is 5.22 Å². The minimum absolute atomic E-state index is 0.311. The highest BCUT2D eigenvalue weighted by molar-refractivity contribution is 9.10. The van der Waals surface area contributed by atoms with Crippen LogP contribution in [0, 0.1) is 0 Å². The lowest BCUT2D eigenvalue weighted by atomic mass is 10.1. The van der Waals surface area contributed by atoms with E-state index in [1.165, 1.54) is 6.21 Å². The molecule has 1 N–H and O–H groups in total. The molecule has 2 aromatic heterocycles. The van der Waals surface area contributed by atoms with Crippen molar-refractivity contribution < 1.29 is 4.42 Å². The van der Waals surface area contributed by atoms with Gasteiger partial charge in [-0.15, -0.1) is 0 Å². The molecular weight excluding hydrogens is 416 g/mol. The van der Waals surface area contributed by atoms with E-state index in [4.69, 9.17) is 16.0 Å². The van der Waals surface area contributed by atoms with Crippen molar-refractivity contribution in [3.8, 4) is 11.3 Å². The minimum Gasteiger partial charge on any atom is -0.444 e. The van der Waals surface area contributed by atoms with Crippen LogP contribution in [0.3, 0.4) is 0 Å². The predicted molar refractivity (Wildman–Crippen MR) is 108 cm³/mol. The molecule has 4 aromatic rings. The number of rotatable bonds is 4. The number of hydrogen-bond donors (Lipinski definition) is 1. The normalized spacial score (nSPS) is 11.3. The van der Waals surface area contributed by atoms with Gasteiger partial charge in [0.05, 0.1) is 17.4 Å². The molecule has 0 aliphatic carbocycles. The van der Waals surface area contributed by atoms with Crippen molar-refractivity contribution in [2.75, 3.05) is 5.43 Å². The average Bonchev–Trinajstić information content (AvgIpc) is 3.07. The minimum atomic E-state index is 0.311. The van der Waals surface area contributed by atoms with Crippen molar-refractivity contribution in [2.24, 2.45) is 5.10 Å². The summed E-state index contributed by atoms with van der Waals surface area (Å²) in [6.45, 7) is 0. The van der Waals surface area contributed by atoms with Gasteiger partial charge in [0, 0.05) is 15.4 Å². The van der Waals surface area contributed by atoms with Gasteiger partial charge in [-0.05, 0) is 41.9 Å². The first kappa shape index (κ1) is 16.8. The second kappa shape index (κ2) is 7.27. The summed E-state index contributed by atoms with van der Waals surface area (Å²) in [7, 11) is 0. The third kappa shape index (κ3) is 3.61. The predicted octanol–water partition coefficient (Wildman–Crippen LogP) is 5.75. The molecule has 26 heavy (non-hydrogen) atoms. The summed E-state index contributed by atoms with van der Waals surface area (Å²) in [4.78, 5) is 9.16. The summed E-state index contributed by atoms with van der Waals surface area (Å²) in [5, 5.41) is 5.39. The molecule has 0 aliphatic rings. The van der Waals surface area contributed by atoms with Gasteiger partial charge in [0.2, 0.25) is 5.95 Å². The summed E-state index contributed by atoms with van der Waals surface area (Å²) in [5.74, 6) is 0.933. The van der Waals surface area contributed by atoms with Gasteiger partial charge >= 0.3 is 0 Å². The summed E-state index contributed by atoms with van der Waals surface area (Å²) >= 11 is 9.26. The molecule has 2 heterocycles. The fourth-order valence-corrected chi connectivity index (χ4v) is 3.03. The highest BCUT2D eigenvalue weighted by Gasteiger charge is 2.10. The number of hydrogen-bond acceptors (Lipinski definition) is 5. The van der Waals surface area contributed by atoms with Gasteiger partial charge in [-0.25, -0.2) is 15.4 Å². The molecule has 0 saturated carbocycles. The summed E-state index contributed by atoms with van der Waals surface area (Å²) < 4.78 is 6.20. The van der Waals surface area contributed by atoms with Gasteiger partial charge in [0.1, 0.15) is 5.76 Å². The highest BCUT2D eigenvalue weighted by atomic mass is 79.9. The molecule has 7 heteroatoms. The first-order valence-corrected chi connectivity index (χ1v) is 8.93. The largest absolute Gasteiger partial charge is 0.444 e. The Morgan fingerprint density at radius 1 is 1.04 bits per heavy atom. The lowest BCUT2D eigenvalue weighted by Gasteiger charge is -2.09.